The highest BCUT2D eigenvalue weighted by Gasteiger charge is 2.41. The summed E-state index contributed by atoms with van der Waals surface area (Å²) in [4.78, 5) is 17.3. The Morgan fingerprint density at radius 3 is 2.52 bits per heavy atom. The summed E-state index contributed by atoms with van der Waals surface area (Å²) in [6.45, 7) is 3.55. The molecule has 0 aliphatic carbocycles. The molecule has 0 spiro atoms. The van der Waals surface area contributed by atoms with E-state index < -0.39 is 15.7 Å². The molecule has 1 aromatic carbocycles. The number of benzene rings is 1. The van der Waals surface area contributed by atoms with Gasteiger partial charge in [0, 0.05) is 0 Å². The third-order valence-corrected chi connectivity index (χ3v) is 6.26. The molecule has 2 heterocycles. The lowest BCUT2D eigenvalue weighted by atomic mass is 10.1. The van der Waals surface area contributed by atoms with E-state index in [0.717, 1.165) is 34.4 Å². The van der Waals surface area contributed by atoms with Crippen molar-refractivity contribution in [1.29, 1.82) is 5.41 Å². The Hall–Kier alpha value is -2.26. The van der Waals surface area contributed by atoms with Crippen LogP contribution in [0.1, 0.15) is 25.0 Å². The summed E-state index contributed by atoms with van der Waals surface area (Å²) in [5.74, 6) is -0.946. The predicted molar refractivity (Wildman–Crippen MR) is 100 cm³/mol. The second-order valence-electron chi connectivity index (χ2n) is 5.41. The number of sulfone groups is 1. The second-order valence-corrected chi connectivity index (χ2v) is 8.31. The Morgan fingerprint density at radius 2 is 1.92 bits per heavy atom. The van der Waals surface area contributed by atoms with Gasteiger partial charge < -0.3 is 0 Å². The Balaban J connectivity index is 2.01. The van der Waals surface area contributed by atoms with Gasteiger partial charge in [0.2, 0.25) is 20.2 Å². The van der Waals surface area contributed by atoms with Crippen LogP contribution in [0.2, 0.25) is 0 Å². The maximum absolute atomic E-state index is 12.3. The molecule has 25 heavy (non-hydrogen) atoms. The first-order valence-electron chi connectivity index (χ1n) is 7.68. The van der Waals surface area contributed by atoms with E-state index in [9.17, 15) is 13.2 Å². The molecule has 0 atom stereocenters. The fourth-order valence-electron chi connectivity index (χ4n) is 2.35. The average molecular weight is 376 g/mol. The molecule has 0 unspecified atom stereocenters. The van der Waals surface area contributed by atoms with Gasteiger partial charge in [0.05, 0.1) is 23.3 Å². The van der Waals surface area contributed by atoms with Crippen molar-refractivity contribution >= 4 is 49.9 Å². The number of amides is 1. The summed E-state index contributed by atoms with van der Waals surface area (Å²) in [5.41, 5.74) is 1.94. The van der Waals surface area contributed by atoms with E-state index in [1.807, 2.05) is 31.2 Å². The van der Waals surface area contributed by atoms with E-state index in [1.54, 1.807) is 6.08 Å². The fourth-order valence-corrected chi connectivity index (χ4v) is 4.31. The lowest BCUT2D eigenvalue weighted by Crippen LogP contribution is -2.45. The van der Waals surface area contributed by atoms with Crippen LogP contribution in [-0.4, -0.2) is 41.1 Å². The number of carbonyl (C=O) groups excluding carboxylic acids is 1. The van der Waals surface area contributed by atoms with E-state index in [-0.39, 0.29) is 27.5 Å². The first-order chi connectivity index (χ1) is 11.9. The van der Waals surface area contributed by atoms with Crippen LogP contribution in [0.15, 0.2) is 39.2 Å². The summed E-state index contributed by atoms with van der Waals surface area (Å²) in [6.07, 6.45) is 2.45. The van der Waals surface area contributed by atoms with Gasteiger partial charge in [-0.05, 0) is 23.6 Å². The largest absolute Gasteiger partial charge is 0.283 e. The maximum Gasteiger partial charge on any atom is 0.283 e. The van der Waals surface area contributed by atoms with Crippen molar-refractivity contribution in [3.8, 4) is 0 Å². The quantitative estimate of drug-likeness (QED) is 0.644. The van der Waals surface area contributed by atoms with Crippen molar-refractivity contribution in [3.63, 3.8) is 0 Å². The number of nitrogens with zero attached hydrogens (tertiary/aromatic N) is 3. The van der Waals surface area contributed by atoms with Crippen molar-refractivity contribution in [2.45, 2.75) is 20.3 Å². The number of amidine groups is 3. The average Bonchev–Trinajstić information content (AvgIpc) is 3.04. The SMILES string of the molecule is CCc1ccc(/C=C2/C(=N)N3C(=NC2=O)SN=C3S(=O)(=O)CC)cc1. The smallest absolute Gasteiger partial charge is 0.283 e. The third-order valence-electron chi connectivity index (χ3n) is 3.85. The molecule has 0 radical (unpaired) electrons. The molecular formula is C16H16N4O3S2. The van der Waals surface area contributed by atoms with Gasteiger partial charge in [-0.1, -0.05) is 38.1 Å². The van der Waals surface area contributed by atoms with Crippen molar-refractivity contribution < 1.29 is 13.2 Å². The van der Waals surface area contributed by atoms with E-state index in [2.05, 4.69) is 9.39 Å². The van der Waals surface area contributed by atoms with Crippen LogP contribution in [0.3, 0.4) is 0 Å². The molecule has 0 saturated heterocycles. The summed E-state index contributed by atoms with van der Waals surface area (Å²) < 4.78 is 28.2. The Bertz CT molecular complexity index is 944. The van der Waals surface area contributed by atoms with Crippen molar-refractivity contribution in [1.82, 2.24) is 4.90 Å². The molecule has 2 aliphatic heterocycles. The standard InChI is InChI=1S/C16H16N4O3S2/c1-3-10-5-7-11(8-6-10)9-12-13(17)20-15(18-14(12)21)24-19-16(20)25(22,23)4-2/h5-9,17H,3-4H2,1-2H3/b12-9-,17-13?. The molecule has 0 bridgehead atoms. The lowest BCUT2D eigenvalue weighted by Gasteiger charge is -2.24. The number of hydrogen-bond donors (Lipinski definition) is 1. The van der Waals surface area contributed by atoms with Crippen LogP contribution in [0.25, 0.3) is 6.08 Å². The molecular weight excluding hydrogens is 360 g/mol. The molecule has 1 N–H and O–H groups in total. The van der Waals surface area contributed by atoms with Gasteiger partial charge in [-0.15, -0.1) is 0 Å². The van der Waals surface area contributed by atoms with E-state index in [0.29, 0.717) is 0 Å². The minimum atomic E-state index is -3.63. The predicted octanol–water partition coefficient (Wildman–Crippen LogP) is 2.26. The normalized spacial score (nSPS) is 19.1. The number of hydrogen-bond acceptors (Lipinski definition) is 6. The van der Waals surface area contributed by atoms with Gasteiger partial charge in [0.15, 0.2) is 0 Å². The molecule has 0 saturated carbocycles. The zero-order chi connectivity index (χ0) is 18.2. The fraction of sp³-hybridized carbons (Fsp3) is 0.250. The van der Waals surface area contributed by atoms with Gasteiger partial charge in [-0.3, -0.25) is 10.2 Å². The van der Waals surface area contributed by atoms with Crippen molar-refractivity contribution in [3.05, 3.63) is 41.0 Å². The monoisotopic (exact) mass is 376 g/mol. The highest BCUT2D eigenvalue weighted by molar-refractivity contribution is 8.16. The number of aryl methyl sites for hydroxylation is 1. The Kier molecular flexibility index (Phi) is 4.61. The zero-order valence-corrected chi connectivity index (χ0v) is 15.3. The summed E-state index contributed by atoms with van der Waals surface area (Å²) in [5, 5.41) is 8.17. The minimum Gasteiger partial charge on any atom is -0.283 e. The van der Waals surface area contributed by atoms with Gasteiger partial charge >= 0.3 is 0 Å². The summed E-state index contributed by atoms with van der Waals surface area (Å²) >= 11 is 0.793. The molecule has 3 rings (SSSR count). The number of nitrogens with one attached hydrogen (secondary N) is 1. The highest BCUT2D eigenvalue weighted by atomic mass is 32.2. The van der Waals surface area contributed by atoms with Crippen LogP contribution in [0.5, 0.6) is 0 Å². The van der Waals surface area contributed by atoms with E-state index in [4.69, 9.17) is 5.41 Å². The Morgan fingerprint density at radius 1 is 1.24 bits per heavy atom. The van der Waals surface area contributed by atoms with Gasteiger partial charge in [-0.25, -0.2) is 13.3 Å². The molecule has 1 amide bonds. The maximum atomic E-state index is 12.3. The van der Waals surface area contributed by atoms with E-state index >= 15 is 0 Å². The van der Waals surface area contributed by atoms with Crippen molar-refractivity contribution in [2.24, 2.45) is 9.39 Å². The first kappa shape index (κ1) is 17.6. The molecule has 1 aromatic rings. The first-order valence-corrected chi connectivity index (χ1v) is 10.1. The zero-order valence-electron chi connectivity index (χ0n) is 13.7. The summed E-state index contributed by atoms with van der Waals surface area (Å²) in [7, 11) is -3.63. The van der Waals surface area contributed by atoms with E-state index in [1.165, 1.54) is 6.92 Å². The molecule has 130 valence electrons. The number of rotatable bonds is 3. The summed E-state index contributed by atoms with van der Waals surface area (Å²) in [6, 6.07) is 7.58. The Labute approximate surface area is 150 Å². The molecule has 2 aliphatic rings. The topological polar surface area (TPSA) is 103 Å². The molecule has 9 heteroatoms. The lowest BCUT2D eigenvalue weighted by molar-refractivity contribution is -0.114. The number of fused-ring (bicyclic) bond motifs is 1. The second kappa shape index (κ2) is 6.57. The number of aliphatic imine (C=N–C) groups is 1. The third kappa shape index (κ3) is 3.16. The van der Waals surface area contributed by atoms with Crippen molar-refractivity contribution in [2.75, 3.05) is 5.75 Å². The minimum absolute atomic E-state index is 0.0366. The molecule has 7 nitrogen and oxygen atoms in total. The highest BCUT2D eigenvalue weighted by Crippen LogP contribution is 2.30. The number of carbonyl (C=O) groups is 1. The van der Waals surface area contributed by atoms with Crippen LogP contribution >= 0.6 is 11.9 Å². The van der Waals surface area contributed by atoms with Crippen LogP contribution in [0, 0.1) is 5.41 Å². The molecule has 0 aromatic heterocycles. The van der Waals surface area contributed by atoms with Crippen LogP contribution < -0.4 is 0 Å². The van der Waals surface area contributed by atoms with Gasteiger partial charge in [-0.2, -0.15) is 9.39 Å². The van der Waals surface area contributed by atoms with Crippen LogP contribution in [-0.2, 0) is 21.1 Å². The molecule has 0 fully saturated rings. The van der Waals surface area contributed by atoms with Crippen LogP contribution in [0.4, 0.5) is 0 Å². The van der Waals surface area contributed by atoms with Gasteiger partial charge in [0.25, 0.3) is 5.91 Å². The van der Waals surface area contributed by atoms with Gasteiger partial charge in [0.1, 0.15) is 5.84 Å².